The molecule has 8 heteroatoms. The number of hydrogen-bond acceptors (Lipinski definition) is 5. The predicted molar refractivity (Wildman–Crippen MR) is 77.5 cm³/mol. The van der Waals surface area contributed by atoms with E-state index in [1.165, 1.54) is 0 Å². The van der Waals surface area contributed by atoms with Crippen LogP contribution in [-0.4, -0.2) is 27.9 Å². The molecule has 23 heavy (non-hydrogen) atoms. The Kier molecular flexibility index (Phi) is 4.21. The first-order chi connectivity index (χ1) is 11.1. The first kappa shape index (κ1) is 15.4. The van der Waals surface area contributed by atoms with Crippen LogP contribution < -0.4 is 5.32 Å². The number of rotatable bonds is 4. The van der Waals surface area contributed by atoms with Crippen LogP contribution in [0.15, 0.2) is 12.1 Å². The first-order valence-corrected chi connectivity index (χ1v) is 7.18. The highest BCUT2D eigenvalue weighted by atomic mass is 19.1. The van der Waals surface area contributed by atoms with Gasteiger partial charge in [-0.2, -0.15) is 10.4 Å². The summed E-state index contributed by atoms with van der Waals surface area (Å²) in [6.45, 7) is 0.794. The number of nitrogens with zero attached hydrogens (tertiary/aromatic N) is 4. The number of aromatic nitrogens is 3. The Balaban J connectivity index is 1.76. The Bertz CT molecular complexity index is 745. The van der Waals surface area contributed by atoms with Crippen molar-refractivity contribution in [3.05, 3.63) is 41.0 Å². The van der Waals surface area contributed by atoms with Gasteiger partial charge in [-0.3, -0.25) is 0 Å². The Morgan fingerprint density at radius 3 is 2.83 bits per heavy atom. The molecule has 2 aromatic rings. The lowest BCUT2D eigenvalue weighted by Crippen LogP contribution is -2.32. The minimum absolute atomic E-state index is 0.0445. The molecule has 0 fully saturated rings. The maximum atomic E-state index is 13.9. The van der Waals surface area contributed by atoms with Crippen molar-refractivity contribution < 1.29 is 13.5 Å². The lowest BCUT2D eigenvalue weighted by atomic mass is 10.1. The summed E-state index contributed by atoms with van der Waals surface area (Å²) in [6, 6.07) is 3.59. The lowest BCUT2D eigenvalue weighted by Gasteiger charge is -2.24. The Morgan fingerprint density at radius 2 is 2.17 bits per heavy atom. The molecule has 120 valence electrons. The molecule has 0 saturated carbocycles. The molecule has 1 aromatic carbocycles. The predicted octanol–water partition coefficient (Wildman–Crippen LogP) is 2.00. The van der Waals surface area contributed by atoms with E-state index in [2.05, 4.69) is 15.4 Å². The fourth-order valence-electron chi connectivity index (χ4n) is 2.65. The molecule has 3 rings (SSSR count). The first-order valence-electron chi connectivity index (χ1n) is 7.18. The molecule has 0 bridgehead atoms. The van der Waals surface area contributed by atoms with Gasteiger partial charge in [0.05, 0.1) is 18.2 Å². The number of aryl methyl sites for hydroxylation is 1. The van der Waals surface area contributed by atoms with Crippen molar-refractivity contribution in [2.24, 2.45) is 0 Å². The summed E-state index contributed by atoms with van der Waals surface area (Å²) in [5.74, 6) is -0.105. The molecule has 0 spiro atoms. The van der Waals surface area contributed by atoms with Crippen LogP contribution in [0.4, 0.5) is 14.5 Å². The second-order valence-corrected chi connectivity index (χ2v) is 5.37. The van der Waals surface area contributed by atoms with E-state index in [4.69, 9.17) is 10.00 Å². The van der Waals surface area contributed by atoms with E-state index in [1.54, 1.807) is 17.9 Å². The zero-order chi connectivity index (χ0) is 16.4. The van der Waals surface area contributed by atoms with E-state index in [1.807, 2.05) is 0 Å². The third-order valence-electron chi connectivity index (χ3n) is 3.70. The fraction of sp³-hybridized carbons (Fsp3) is 0.400. The van der Waals surface area contributed by atoms with Crippen molar-refractivity contribution in [2.75, 3.05) is 12.4 Å². The van der Waals surface area contributed by atoms with Crippen molar-refractivity contribution in [2.45, 2.75) is 32.0 Å². The summed E-state index contributed by atoms with van der Waals surface area (Å²) in [5.41, 5.74) is -0.258. The topological polar surface area (TPSA) is 75.8 Å². The second kappa shape index (κ2) is 6.30. The van der Waals surface area contributed by atoms with E-state index in [0.717, 1.165) is 18.0 Å². The quantitative estimate of drug-likeness (QED) is 0.933. The standard InChI is InChI=1S/C15H15F2N5O/c1-23-8-13-20-14-3-2-10(7-22(14)21-13)19-15-11(16)4-9(6-18)5-12(15)17/h4-5,10,19H,2-3,7-8H2,1H3/t10-/m1/s1. The third kappa shape index (κ3) is 3.14. The number of nitrogens with one attached hydrogen (secondary N) is 1. The van der Waals surface area contributed by atoms with E-state index in [-0.39, 0.29) is 17.3 Å². The van der Waals surface area contributed by atoms with Crippen LogP contribution in [0.5, 0.6) is 0 Å². The van der Waals surface area contributed by atoms with Crippen LogP contribution in [0.1, 0.15) is 23.6 Å². The van der Waals surface area contributed by atoms with Gasteiger partial charge < -0.3 is 10.1 Å². The molecule has 0 unspecified atom stereocenters. The van der Waals surface area contributed by atoms with Crippen LogP contribution >= 0.6 is 0 Å². The summed E-state index contributed by atoms with van der Waals surface area (Å²) in [6.07, 6.45) is 1.35. The number of anilines is 1. The maximum Gasteiger partial charge on any atom is 0.176 e. The van der Waals surface area contributed by atoms with Gasteiger partial charge in [0.1, 0.15) is 18.1 Å². The van der Waals surface area contributed by atoms with Gasteiger partial charge in [-0.15, -0.1) is 0 Å². The summed E-state index contributed by atoms with van der Waals surface area (Å²) in [4.78, 5) is 4.35. The highest BCUT2D eigenvalue weighted by Gasteiger charge is 2.23. The summed E-state index contributed by atoms with van der Waals surface area (Å²) in [5, 5.41) is 15.9. The van der Waals surface area contributed by atoms with Gasteiger partial charge in [-0.25, -0.2) is 18.4 Å². The molecule has 1 aliphatic heterocycles. The van der Waals surface area contributed by atoms with Crippen LogP contribution in [-0.2, 0) is 24.3 Å². The Hall–Kier alpha value is -2.53. The summed E-state index contributed by atoms with van der Waals surface area (Å²) in [7, 11) is 1.57. The smallest absolute Gasteiger partial charge is 0.176 e. The van der Waals surface area contributed by atoms with E-state index in [9.17, 15) is 8.78 Å². The number of halogens is 2. The number of nitriles is 1. The van der Waals surface area contributed by atoms with E-state index >= 15 is 0 Å². The molecule has 0 saturated heterocycles. The fourth-order valence-corrected chi connectivity index (χ4v) is 2.65. The molecule has 1 N–H and O–H groups in total. The van der Waals surface area contributed by atoms with Gasteiger partial charge in [0.25, 0.3) is 0 Å². The van der Waals surface area contributed by atoms with Crippen molar-refractivity contribution in [3.63, 3.8) is 0 Å². The average Bonchev–Trinajstić information content (AvgIpc) is 2.92. The molecular formula is C15H15F2N5O. The van der Waals surface area contributed by atoms with Crippen LogP contribution in [0.2, 0.25) is 0 Å². The minimum Gasteiger partial charge on any atom is -0.377 e. The van der Waals surface area contributed by atoms with Gasteiger partial charge in [0.15, 0.2) is 17.5 Å². The molecule has 6 nitrogen and oxygen atoms in total. The maximum absolute atomic E-state index is 13.9. The van der Waals surface area contributed by atoms with Crippen LogP contribution in [0.3, 0.4) is 0 Å². The highest BCUT2D eigenvalue weighted by molar-refractivity contribution is 5.51. The molecule has 2 heterocycles. The molecular weight excluding hydrogens is 304 g/mol. The van der Waals surface area contributed by atoms with Gasteiger partial charge in [0, 0.05) is 19.6 Å². The van der Waals surface area contributed by atoms with Crippen molar-refractivity contribution in [3.8, 4) is 6.07 Å². The molecule has 0 aliphatic carbocycles. The highest BCUT2D eigenvalue weighted by Crippen LogP contribution is 2.24. The number of benzene rings is 1. The molecule has 1 aliphatic rings. The molecule has 0 radical (unpaired) electrons. The van der Waals surface area contributed by atoms with Crippen molar-refractivity contribution >= 4 is 5.69 Å². The zero-order valence-corrected chi connectivity index (χ0v) is 12.5. The normalized spacial score (nSPS) is 16.7. The summed E-state index contributed by atoms with van der Waals surface area (Å²) < 4.78 is 34.6. The zero-order valence-electron chi connectivity index (χ0n) is 12.5. The molecule has 1 atom stereocenters. The molecule has 1 aromatic heterocycles. The largest absolute Gasteiger partial charge is 0.377 e. The van der Waals surface area contributed by atoms with Gasteiger partial charge in [-0.05, 0) is 18.6 Å². The van der Waals surface area contributed by atoms with Gasteiger partial charge >= 0.3 is 0 Å². The Morgan fingerprint density at radius 1 is 1.43 bits per heavy atom. The van der Waals surface area contributed by atoms with Crippen LogP contribution in [0, 0.1) is 23.0 Å². The number of fused-ring (bicyclic) bond motifs is 1. The lowest BCUT2D eigenvalue weighted by molar-refractivity contribution is 0.177. The van der Waals surface area contributed by atoms with Crippen molar-refractivity contribution in [1.82, 2.24) is 14.8 Å². The van der Waals surface area contributed by atoms with Gasteiger partial charge in [-0.1, -0.05) is 0 Å². The number of ether oxygens (including phenoxy) is 1. The van der Waals surface area contributed by atoms with E-state index in [0.29, 0.717) is 31.8 Å². The monoisotopic (exact) mass is 319 g/mol. The number of hydrogen-bond donors (Lipinski definition) is 1. The van der Waals surface area contributed by atoms with Crippen molar-refractivity contribution in [1.29, 1.82) is 5.26 Å². The SMILES string of the molecule is COCc1nc2n(n1)C[C@H](Nc1c(F)cc(C#N)cc1F)CC2. The average molecular weight is 319 g/mol. The molecule has 0 amide bonds. The summed E-state index contributed by atoms with van der Waals surface area (Å²) >= 11 is 0. The third-order valence-corrected chi connectivity index (χ3v) is 3.70. The van der Waals surface area contributed by atoms with Crippen LogP contribution in [0.25, 0.3) is 0 Å². The van der Waals surface area contributed by atoms with Gasteiger partial charge in [0.2, 0.25) is 0 Å². The number of methoxy groups -OCH3 is 1. The second-order valence-electron chi connectivity index (χ2n) is 5.37. The van der Waals surface area contributed by atoms with E-state index < -0.39 is 11.6 Å². The minimum atomic E-state index is -0.772. The Labute approximate surface area is 131 Å².